The molecule has 0 aliphatic rings. The largest absolute Gasteiger partial charge is 0.271 e. The minimum absolute atomic E-state index is 0.250. The van der Waals surface area contributed by atoms with E-state index in [2.05, 4.69) is 44.1 Å². The third-order valence-electron chi connectivity index (χ3n) is 2.91. The first-order valence-corrected chi connectivity index (χ1v) is 5.83. The fraction of sp³-hybridized carbons (Fsp3) is 0.429. The number of hydrogen-bond donors (Lipinski definition) is 2. The Morgan fingerprint density at radius 2 is 2.19 bits per heavy atom. The quantitative estimate of drug-likeness (QED) is 0.333. The second-order valence-corrected chi connectivity index (χ2v) is 4.30. The van der Waals surface area contributed by atoms with Gasteiger partial charge in [0.25, 0.3) is 0 Å². The zero-order chi connectivity index (χ0) is 12.0. The maximum absolute atomic E-state index is 5.63. The molecule has 16 heavy (non-hydrogen) atoms. The molecule has 2 nitrogen and oxygen atoms in total. The zero-order valence-electron chi connectivity index (χ0n) is 10.3. The van der Waals surface area contributed by atoms with Crippen LogP contribution in [0.4, 0.5) is 0 Å². The third-order valence-corrected chi connectivity index (χ3v) is 2.91. The topological polar surface area (TPSA) is 38.0 Å². The van der Waals surface area contributed by atoms with Crippen molar-refractivity contribution in [2.75, 3.05) is 0 Å². The average molecular weight is 218 g/mol. The molecule has 0 saturated carbocycles. The van der Waals surface area contributed by atoms with E-state index >= 15 is 0 Å². The Balaban J connectivity index is 2.77. The second-order valence-electron chi connectivity index (χ2n) is 4.30. The van der Waals surface area contributed by atoms with E-state index in [-0.39, 0.29) is 6.04 Å². The van der Waals surface area contributed by atoms with Crippen molar-refractivity contribution in [3.63, 3.8) is 0 Å². The summed E-state index contributed by atoms with van der Waals surface area (Å²) in [5, 5.41) is 0. The molecule has 0 radical (unpaired) electrons. The highest BCUT2D eigenvalue weighted by atomic mass is 15.2. The van der Waals surface area contributed by atoms with Gasteiger partial charge in [-0.1, -0.05) is 29.8 Å². The summed E-state index contributed by atoms with van der Waals surface area (Å²) in [4.78, 5) is 0. The predicted molar refractivity (Wildman–Crippen MR) is 70.0 cm³/mol. The molecular weight excluding hydrogens is 196 g/mol. The van der Waals surface area contributed by atoms with Gasteiger partial charge in [-0.2, -0.15) is 0 Å². The van der Waals surface area contributed by atoms with Crippen LogP contribution in [0.15, 0.2) is 30.9 Å². The van der Waals surface area contributed by atoms with E-state index in [1.807, 2.05) is 6.08 Å². The van der Waals surface area contributed by atoms with Gasteiger partial charge < -0.3 is 0 Å². The summed E-state index contributed by atoms with van der Waals surface area (Å²) in [6.45, 7) is 7.98. The lowest BCUT2D eigenvalue weighted by atomic mass is 9.95. The Labute approximate surface area is 98.5 Å². The lowest BCUT2D eigenvalue weighted by molar-refractivity contribution is 0.498. The highest BCUT2D eigenvalue weighted by Crippen LogP contribution is 2.23. The van der Waals surface area contributed by atoms with E-state index in [4.69, 9.17) is 5.84 Å². The van der Waals surface area contributed by atoms with Crippen molar-refractivity contribution in [3.05, 3.63) is 47.5 Å². The first kappa shape index (κ1) is 12.9. The molecule has 1 atom stereocenters. The maximum Gasteiger partial charge on any atom is 0.0462 e. The Kier molecular flexibility index (Phi) is 5.23. The van der Waals surface area contributed by atoms with Crippen molar-refractivity contribution in [2.24, 2.45) is 5.84 Å². The summed E-state index contributed by atoms with van der Waals surface area (Å²) in [5.41, 5.74) is 6.80. The molecule has 1 rings (SSSR count). The third kappa shape index (κ3) is 3.47. The minimum Gasteiger partial charge on any atom is -0.271 e. The van der Waals surface area contributed by atoms with E-state index in [0.29, 0.717) is 0 Å². The predicted octanol–water partition coefficient (Wildman–Crippen LogP) is 3.16. The van der Waals surface area contributed by atoms with E-state index in [0.717, 1.165) is 19.3 Å². The van der Waals surface area contributed by atoms with E-state index in [9.17, 15) is 0 Å². The van der Waals surface area contributed by atoms with Gasteiger partial charge in [0.05, 0.1) is 0 Å². The Morgan fingerprint density at radius 1 is 1.44 bits per heavy atom. The van der Waals surface area contributed by atoms with Gasteiger partial charge in [0.15, 0.2) is 0 Å². The number of unbranched alkanes of at least 4 members (excludes halogenated alkanes) is 1. The van der Waals surface area contributed by atoms with Crippen LogP contribution in [0.5, 0.6) is 0 Å². The van der Waals surface area contributed by atoms with Crippen molar-refractivity contribution in [3.8, 4) is 0 Å². The number of benzene rings is 1. The van der Waals surface area contributed by atoms with Crippen LogP contribution in [-0.4, -0.2) is 0 Å². The molecule has 0 heterocycles. The molecule has 2 heteroatoms. The molecule has 1 aromatic carbocycles. The zero-order valence-corrected chi connectivity index (χ0v) is 10.3. The number of hydrogen-bond acceptors (Lipinski definition) is 2. The van der Waals surface area contributed by atoms with Crippen LogP contribution in [0.1, 0.15) is 42.0 Å². The first-order chi connectivity index (χ1) is 7.69. The number of allylic oxidation sites excluding steroid dienone is 1. The van der Waals surface area contributed by atoms with Gasteiger partial charge in [0.2, 0.25) is 0 Å². The molecule has 3 N–H and O–H groups in total. The van der Waals surface area contributed by atoms with Crippen LogP contribution in [0.2, 0.25) is 0 Å². The summed E-state index contributed by atoms with van der Waals surface area (Å²) in [6, 6.07) is 6.76. The van der Waals surface area contributed by atoms with Gasteiger partial charge in [0, 0.05) is 6.04 Å². The first-order valence-electron chi connectivity index (χ1n) is 5.83. The van der Waals surface area contributed by atoms with Gasteiger partial charge in [-0.15, -0.1) is 6.58 Å². The molecule has 0 saturated heterocycles. The lowest BCUT2D eigenvalue weighted by Gasteiger charge is -2.18. The van der Waals surface area contributed by atoms with Crippen LogP contribution in [0, 0.1) is 13.8 Å². The fourth-order valence-electron chi connectivity index (χ4n) is 1.93. The number of nitrogens with one attached hydrogen (secondary N) is 1. The number of hydrazine groups is 1. The highest BCUT2D eigenvalue weighted by Gasteiger charge is 2.11. The molecule has 0 aliphatic carbocycles. The summed E-state index contributed by atoms with van der Waals surface area (Å²) >= 11 is 0. The van der Waals surface area contributed by atoms with Gasteiger partial charge in [-0.05, 0) is 44.2 Å². The monoisotopic (exact) mass is 218 g/mol. The van der Waals surface area contributed by atoms with Crippen LogP contribution in [0.25, 0.3) is 0 Å². The molecule has 0 spiro atoms. The standard InChI is InChI=1S/C14H22N2/c1-4-5-6-7-14(16-15)13-10-11(2)8-9-12(13)3/h4,8-10,14,16H,1,5-7,15H2,2-3H3. The van der Waals surface area contributed by atoms with Crippen molar-refractivity contribution >= 4 is 0 Å². The van der Waals surface area contributed by atoms with Crippen molar-refractivity contribution in [1.82, 2.24) is 5.43 Å². The lowest BCUT2D eigenvalue weighted by Crippen LogP contribution is -2.28. The Morgan fingerprint density at radius 3 is 2.81 bits per heavy atom. The summed E-state index contributed by atoms with van der Waals surface area (Å²) < 4.78 is 0. The van der Waals surface area contributed by atoms with Gasteiger partial charge >= 0.3 is 0 Å². The number of aryl methyl sites for hydroxylation is 2. The Bertz CT molecular complexity index is 345. The van der Waals surface area contributed by atoms with Crippen molar-refractivity contribution in [1.29, 1.82) is 0 Å². The van der Waals surface area contributed by atoms with E-state index in [1.54, 1.807) is 0 Å². The van der Waals surface area contributed by atoms with Gasteiger partial charge in [0.1, 0.15) is 0 Å². The van der Waals surface area contributed by atoms with Crippen molar-refractivity contribution in [2.45, 2.75) is 39.2 Å². The second kappa shape index (κ2) is 6.46. The minimum atomic E-state index is 0.250. The fourth-order valence-corrected chi connectivity index (χ4v) is 1.93. The molecule has 88 valence electrons. The van der Waals surface area contributed by atoms with E-state index < -0.39 is 0 Å². The molecule has 0 aliphatic heterocycles. The normalized spacial score (nSPS) is 12.4. The van der Waals surface area contributed by atoms with Crippen LogP contribution >= 0.6 is 0 Å². The average Bonchev–Trinajstić information content (AvgIpc) is 2.28. The SMILES string of the molecule is C=CCCCC(NN)c1cc(C)ccc1C. The maximum atomic E-state index is 5.63. The molecular formula is C14H22N2. The Hall–Kier alpha value is -1.12. The highest BCUT2D eigenvalue weighted by molar-refractivity contribution is 5.32. The van der Waals surface area contributed by atoms with Crippen LogP contribution in [-0.2, 0) is 0 Å². The van der Waals surface area contributed by atoms with Crippen molar-refractivity contribution < 1.29 is 0 Å². The molecule has 0 bridgehead atoms. The van der Waals surface area contributed by atoms with Gasteiger partial charge in [-0.3, -0.25) is 11.3 Å². The molecule has 1 aromatic rings. The molecule has 0 amide bonds. The van der Waals surface area contributed by atoms with E-state index in [1.165, 1.54) is 16.7 Å². The van der Waals surface area contributed by atoms with Crippen LogP contribution in [0.3, 0.4) is 0 Å². The number of rotatable bonds is 6. The molecule has 0 fully saturated rings. The summed E-state index contributed by atoms with van der Waals surface area (Å²) in [5.74, 6) is 5.63. The van der Waals surface area contributed by atoms with Crippen LogP contribution < -0.4 is 11.3 Å². The summed E-state index contributed by atoms with van der Waals surface area (Å²) in [7, 11) is 0. The molecule has 0 aromatic heterocycles. The van der Waals surface area contributed by atoms with Gasteiger partial charge in [-0.25, -0.2) is 0 Å². The molecule has 1 unspecified atom stereocenters. The summed E-state index contributed by atoms with van der Waals surface area (Å²) in [6.07, 6.45) is 5.16. The smallest absolute Gasteiger partial charge is 0.0462 e. The number of nitrogens with two attached hydrogens (primary N) is 1.